The minimum atomic E-state index is -0.151. The summed E-state index contributed by atoms with van der Waals surface area (Å²) in [5, 5.41) is 3.59. The molecule has 100 valence electrons. The third-order valence-corrected chi connectivity index (χ3v) is 4.65. The summed E-state index contributed by atoms with van der Waals surface area (Å²) in [6.07, 6.45) is 4.62. The number of hydrogen-bond acceptors (Lipinski definition) is 1. The van der Waals surface area contributed by atoms with Crippen molar-refractivity contribution in [3.8, 4) is 0 Å². The maximum absolute atomic E-state index is 13.3. The fourth-order valence-electron chi connectivity index (χ4n) is 2.13. The molecule has 1 saturated carbocycles. The Kier molecular flexibility index (Phi) is 4.44. The lowest BCUT2D eigenvalue weighted by Crippen LogP contribution is -2.34. The molecule has 0 saturated heterocycles. The van der Waals surface area contributed by atoms with Crippen LogP contribution in [0.1, 0.15) is 38.7 Å². The summed E-state index contributed by atoms with van der Waals surface area (Å²) in [7, 11) is 0. The second kappa shape index (κ2) is 5.70. The van der Waals surface area contributed by atoms with E-state index in [1.807, 2.05) is 0 Å². The van der Waals surface area contributed by atoms with E-state index in [1.54, 1.807) is 12.1 Å². The second-order valence-corrected chi connectivity index (χ2v) is 6.59. The highest BCUT2D eigenvalue weighted by Crippen LogP contribution is 2.31. The van der Waals surface area contributed by atoms with E-state index in [1.165, 1.54) is 18.9 Å². The minimum Gasteiger partial charge on any atom is -0.313 e. The van der Waals surface area contributed by atoms with Gasteiger partial charge in [-0.25, -0.2) is 4.39 Å². The summed E-state index contributed by atoms with van der Waals surface area (Å²) in [5.41, 5.74) is 1.26. The first kappa shape index (κ1) is 14.0. The lowest BCUT2D eigenvalue weighted by atomic mass is 9.81. The molecule has 0 heterocycles. The van der Waals surface area contributed by atoms with E-state index in [9.17, 15) is 4.39 Å². The first-order valence-corrected chi connectivity index (χ1v) is 7.49. The molecule has 1 N–H and O–H groups in total. The number of rotatable bonds is 6. The van der Waals surface area contributed by atoms with Crippen LogP contribution in [0, 0.1) is 11.2 Å². The van der Waals surface area contributed by atoms with E-state index in [0.29, 0.717) is 0 Å². The summed E-state index contributed by atoms with van der Waals surface area (Å²) in [5.74, 6) is -0.151. The SMILES string of the molecule is CCC(C)(CNC1CC1)Cc1cc(F)ccc1Br. The lowest BCUT2D eigenvalue weighted by molar-refractivity contribution is 0.288. The van der Waals surface area contributed by atoms with Crippen molar-refractivity contribution >= 4 is 15.9 Å². The number of benzene rings is 1. The number of nitrogens with one attached hydrogen (secondary N) is 1. The molecule has 1 unspecified atom stereocenters. The number of halogens is 2. The van der Waals surface area contributed by atoms with E-state index >= 15 is 0 Å². The van der Waals surface area contributed by atoms with Gasteiger partial charge in [0.05, 0.1) is 0 Å². The quantitative estimate of drug-likeness (QED) is 0.825. The van der Waals surface area contributed by atoms with Crippen LogP contribution in [-0.2, 0) is 6.42 Å². The van der Waals surface area contributed by atoms with Crippen LogP contribution in [0.3, 0.4) is 0 Å². The van der Waals surface area contributed by atoms with E-state index < -0.39 is 0 Å². The van der Waals surface area contributed by atoms with Crippen molar-refractivity contribution in [1.82, 2.24) is 5.32 Å². The summed E-state index contributed by atoms with van der Waals surface area (Å²) in [6, 6.07) is 5.68. The van der Waals surface area contributed by atoms with Crippen molar-refractivity contribution in [3.63, 3.8) is 0 Å². The molecule has 1 aliphatic carbocycles. The van der Waals surface area contributed by atoms with Gasteiger partial charge in [-0.1, -0.05) is 29.8 Å². The van der Waals surface area contributed by atoms with Gasteiger partial charge in [0.15, 0.2) is 0 Å². The molecule has 0 spiro atoms. The van der Waals surface area contributed by atoms with Crippen molar-refractivity contribution < 1.29 is 4.39 Å². The van der Waals surface area contributed by atoms with Crippen LogP contribution in [0.4, 0.5) is 4.39 Å². The van der Waals surface area contributed by atoms with Crippen molar-refractivity contribution in [2.75, 3.05) is 6.54 Å². The Morgan fingerprint density at radius 1 is 1.44 bits per heavy atom. The molecule has 1 fully saturated rings. The molecular weight excluding hydrogens is 293 g/mol. The van der Waals surface area contributed by atoms with Gasteiger partial charge in [0.25, 0.3) is 0 Å². The van der Waals surface area contributed by atoms with Crippen LogP contribution in [0.15, 0.2) is 22.7 Å². The molecule has 1 aromatic rings. The van der Waals surface area contributed by atoms with Gasteiger partial charge in [-0.05, 0) is 54.9 Å². The van der Waals surface area contributed by atoms with Gasteiger partial charge in [-0.15, -0.1) is 0 Å². The fourth-order valence-corrected chi connectivity index (χ4v) is 2.52. The van der Waals surface area contributed by atoms with E-state index in [2.05, 4.69) is 35.1 Å². The van der Waals surface area contributed by atoms with Crippen LogP contribution in [0.2, 0.25) is 0 Å². The highest BCUT2D eigenvalue weighted by atomic mass is 79.9. The Hall–Kier alpha value is -0.410. The van der Waals surface area contributed by atoms with Gasteiger partial charge in [0.1, 0.15) is 5.82 Å². The van der Waals surface area contributed by atoms with Gasteiger partial charge in [0.2, 0.25) is 0 Å². The Labute approximate surface area is 117 Å². The zero-order valence-corrected chi connectivity index (χ0v) is 12.7. The zero-order valence-electron chi connectivity index (χ0n) is 11.1. The van der Waals surface area contributed by atoms with Crippen molar-refractivity contribution in [2.24, 2.45) is 5.41 Å². The Morgan fingerprint density at radius 2 is 2.17 bits per heavy atom. The predicted molar refractivity (Wildman–Crippen MR) is 77.2 cm³/mol. The molecular formula is C15H21BrFN. The monoisotopic (exact) mass is 313 g/mol. The molecule has 1 nitrogen and oxygen atoms in total. The molecule has 0 bridgehead atoms. The average Bonchev–Trinajstić information content (AvgIpc) is 3.15. The Bertz CT molecular complexity index is 417. The first-order valence-electron chi connectivity index (χ1n) is 6.70. The molecule has 3 heteroatoms. The van der Waals surface area contributed by atoms with Crippen LogP contribution in [-0.4, -0.2) is 12.6 Å². The normalized spacial score (nSPS) is 18.7. The third-order valence-electron chi connectivity index (χ3n) is 3.87. The van der Waals surface area contributed by atoms with E-state index in [-0.39, 0.29) is 11.2 Å². The summed E-state index contributed by atoms with van der Waals surface area (Å²) in [6.45, 7) is 5.50. The fraction of sp³-hybridized carbons (Fsp3) is 0.600. The van der Waals surface area contributed by atoms with E-state index in [4.69, 9.17) is 0 Å². The Morgan fingerprint density at radius 3 is 2.78 bits per heavy atom. The second-order valence-electron chi connectivity index (χ2n) is 5.73. The predicted octanol–water partition coefficient (Wildman–Crippen LogP) is 4.30. The first-order chi connectivity index (χ1) is 8.52. The molecule has 1 aliphatic rings. The Balaban J connectivity index is 2.04. The maximum atomic E-state index is 13.3. The van der Waals surface area contributed by atoms with E-state index in [0.717, 1.165) is 35.5 Å². The van der Waals surface area contributed by atoms with Gasteiger partial charge < -0.3 is 5.32 Å². The molecule has 1 aromatic carbocycles. The standard InChI is InChI=1S/C15H21BrFN/c1-3-15(2,10-18-13-5-6-13)9-11-8-12(17)4-7-14(11)16/h4,7-8,13,18H,3,5-6,9-10H2,1-2H3. The average molecular weight is 314 g/mol. The van der Waals surface area contributed by atoms with Crippen molar-refractivity contribution in [2.45, 2.75) is 45.6 Å². The van der Waals surface area contributed by atoms with Crippen LogP contribution in [0.25, 0.3) is 0 Å². The molecule has 2 rings (SSSR count). The molecule has 0 aromatic heterocycles. The number of hydrogen-bond donors (Lipinski definition) is 1. The topological polar surface area (TPSA) is 12.0 Å². The van der Waals surface area contributed by atoms with Gasteiger partial charge in [-0.2, -0.15) is 0 Å². The molecule has 0 radical (unpaired) electrons. The molecule has 18 heavy (non-hydrogen) atoms. The summed E-state index contributed by atoms with van der Waals surface area (Å²) < 4.78 is 14.3. The maximum Gasteiger partial charge on any atom is 0.123 e. The summed E-state index contributed by atoms with van der Waals surface area (Å²) >= 11 is 3.52. The van der Waals surface area contributed by atoms with Crippen LogP contribution in [0.5, 0.6) is 0 Å². The lowest BCUT2D eigenvalue weighted by Gasteiger charge is -2.29. The van der Waals surface area contributed by atoms with Crippen LogP contribution >= 0.6 is 15.9 Å². The smallest absolute Gasteiger partial charge is 0.123 e. The van der Waals surface area contributed by atoms with Crippen LogP contribution < -0.4 is 5.32 Å². The zero-order chi connectivity index (χ0) is 13.2. The third kappa shape index (κ3) is 3.79. The van der Waals surface area contributed by atoms with Gasteiger partial charge in [0, 0.05) is 17.1 Å². The van der Waals surface area contributed by atoms with Gasteiger partial charge in [-0.3, -0.25) is 0 Å². The largest absolute Gasteiger partial charge is 0.313 e. The molecule has 0 aliphatic heterocycles. The highest BCUT2D eigenvalue weighted by molar-refractivity contribution is 9.10. The highest BCUT2D eigenvalue weighted by Gasteiger charge is 2.28. The minimum absolute atomic E-state index is 0.151. The molecule has 1 atom stereocenters. The van der Waals surface area contributed by atoms with Crippen molar-refractivity contribution in [1.29, 1.82) is 0 Å². The van der Waals surface area contributed by atoms with Gasteiger partial charge >= 0.3 is 0 Å². The summed E-state index contributed by atoms with van der Waals surface area (Å²) in [4.78, 5) is 0. The van der Waals surface area contributed by atoms with Crippen molar-refractivity contribution in [3.05, 3.63) is 34.1 Å². The molecule has 0 amide bonds.